The Morgan fingerprint density at radius 3 is 1.35 bits per heavy atom. The SMILES string of the molecule is Cc1cc(C)c(P(CC2CC2)c2c(C)cc(C)cc2C)c(C)c1. The summed E-state index contributed by atoms with van der Waals surface area (Å²) in [5, 5.41) is 3.29. The molecule has 0 aromatic heterocycles. The fourth-order valence-electron chi connectivity index (χ4n) is 4.05. The first-order chi connectivity index (χ1) is 10.9. The summed E-state index contributed by atoms with van der Waals surface area (Å²) < 4.78 is 0. The number of hydrogen-bond acceptors (Lipinski definition) is 0. The van der Waals surface area contributed by atoms with Crippen molar-refractivity contribution in [2.45, 2.75) is 54.4 Å². The summed E-state index contributed by atoms with van der Waals surface area (Å²) in [6.07, 6.45) is 4.25. The van der Waals surface area contributed by atoms with Gasteiger partial charge in [0.25, 0.3) is 0 Å². The molecular weight excluding hydrogens is 295 g/mol. The van der Waals surface area contributed by atoms with E-state index in [9.17, 15) is 0 Å². The molecule has 0 heterocycles. The van der Waals surface area contributed by atoms with E-state index in [1.165, 1.54) is 52.4 Å². The minimum Gasteiger partial charge on any atom is -0.0557 e. The topological polar surface area (TPSA) is 0 Å². The third-order valence-corrected chi connectivity index (χ3v) is 8.32. The van der Waals surface area contributed by atoms with Gasteiger partial charge in [-0.1, -0.05) is 35.4 Å². The fraction of sp³-hybridized carbons (Fsp3) is 0.455. The Kier molecular flexibility index (Phi) is 4.65. The first-order valence-corrected chi connectivity index (χ1v) is 10.3. The summed E-state index contributed by atoms with van der Waals surface area (Å²) in [5.41, 5.74) is 8.76. The summed E-state index contributed by atoms with van der Waals surface area (Å²) in [5.74, 6) is 0.960. The van der Waals surface area contributed by atoms with Crippen LogP contribution >= 0.6 is 7.92 Å². The van der Waals surface area contributed by atoms with Gasteiger partial charge in [-0.2, -0.15) is 0 Å². The molecule has 0 unspecified atom stereocenters. The molecule has 2 aromatic rings. The van der Waals surface area contributed by atoms with Gasteiger partial charge in [0, 0.05) is 0 Å². The Balaban J connectivity index is 2.16. The maximum atomic E-state index is 2.38. The average molecular weight is 324 g/mol. The molecule has 0 aliphatic heterocycles. The van der Waals surface area contributed by atoms with Crippen LogP contribution in [0.4, 0.5) is 0 Å². The molecule has 1 aliphatic rings. The first kappa shape index (κ1) is 16.7. The van der Waals surface area contributed by atoms with Gasteiger partial charge in [-0.15, -0.1) is 0 Å². The second kappa shape index (κ2) is 6.40. The molecule has 122 valence electrons. The maximum Gasteiger partial charge on any atom is -0.0137 e. The number of rotatable bonds is 4. The lowest BCUT2D eigenvalue weighted by molar-refractivity contribution is 0.995. The Labute approximate surface area is 143 Å². The van der Waals surface area contributed by atoms with E-state index in [1.807, 2.05) is 0 Å². The van der Waals surface area contributed by atoms with E-state index in [-0.39, 0.29) is 7.92 Å². The summed E-state index contributed by atoms with van der Waals surface area (Å²) in [6, 6.07) is 9.51. The Bertz CT molecular complexity index is 634. The minimum absolute atomic E-state index is 0.236. The molecule has 0 radical (unpaired) electrons. The quantitative estimate of drug-likeness (QED) is 0.662. The standard InChI is InChI=1S/C22H29P/c1-14-9-16(3)21(17(4)10-14)23(13-20-7-8-20)22-18(5)11-15(2)12-19(22)6/h9-12,20H,7-8,13H2,1-6H3. The van der Waals surface area contributed by atoms with Gasteiger partial charge in [0.15, 0.2) is 0 Å². The lowest BCUT2D eigenvalue weighted by Gasteiger charge is -2.27. The highest BCUT2D eigenvalue weighted by Crippen LogP contribution is 2.46. The van der Waals surface area contributed by atoms with E-state index < -0.39 is 0 Å². The molecule has 1 aliphatic carbocycles. The second-order valence-electron chi connectivity index (χ2n) is 7.55. The third-order valence-electron chi connectivity index (χ3n) is 4.95. The smallest absolute Gasteiger partial charge is 0.0137 e. The van der Waals surface area contributed by atoms with Gasteiger partial charge in [0.05, 0.1) is 0 Å². The Morgan fingerprint density at radius 1 is 0.696 bits per heavy atom. The maximum absolute atomic E-state index is 2.38. The van der Waals surface area contributed by atoms with Crippen LogP contribution in [0.2, 0.25) is 0 Å². The Hall–Kier alpha value is -1.13. The monoisotopic (exact) mass is 324 g/mol. The highest BCUT2D eigenvalue weighted by atomic mass is 31.1. The van der Waals surface area contributed by atoms with E-state index >= 15 is 0 Å². The summed E-state index contributed by atoms with van der Waals surface area (Å²) in [4.78, 5) is 0. The van der Waals surface area contributed by atoms with Gasteiger partial charge in [0.1, 0.15) is 0 Å². The molecule has 0 nitrogen and oxygen atoms in total. The largest absolute Gasteiger partial charge is 0.0557 e. The normalized spacial score (nSPS) is 14.6. The molecule has 1 saturated carbocycles. The van der Waals surface area contributed by atoms with E-state index in [1.54, 1.807) is 10.6 Å². The van der Waals surface area contributed by atoms with Crippen LogP contribution in [-0.2, 0) is 0 Å². The van der Waals surface area contributed by atoms with Crippen LogP contribution in [0.25, 0.3) is 0 Å². The molecule has 23 heavy (non-hydrogen) atoms. The first-order valence-electron chi connectivity index (χ1n) is 8.80. The molecular formula is C22H29P. The third kappa shape index (κ3) is 3.53. The van der Waals surface area contributed by atoms with Crippen LogP contribution in [0.1, 0.15) is 46.2 Å². The van der Waals surface area contributed by atoms with E-state index in [2.05, 4.69) is 65.8 Å². The van der Waals surface area contributed by atoms with Crippen molar-refractivity contribution in [1.29, 1.82) is 0 Å². The van der Waals surface area contributed by atoms with E-state index in [4.69, 9.17) is 0 Å². The van der Waals surface area contributed by atoms with Crippen LogP contribution in [0, 0.1) is 47.5 Å². The van der Waals surface area contributed by atoms with Crippen LogP contribution < -0.4 is 10.6 Å². The number of hydrogen-bond donors (Lipinski definition) is 0. The molecule has 0 N–H and O–H groups in total. The molecule has 1 heteroatoms. The van der Waals surface area contributed by atoms with Gasteiger partial charge in [0.2, 0.25) is 0 Å². The van der Waals surface area contributed by atoms with Crippen molar-refractivity contribution >= 4 is 18.5 Å². The zero-order valence-electron chi connectivity index (χ0n) is 15.5. The van der Waals surface area contributed by atoms with Crippen molar-refractivity contribution in [1.82, 2.24) is 0 Å². The fourth-order valence-corrected chi connectivity index (χ4v) is 7.48. The lowest BCUT2D eigenvalue weighted by atomic mass is 10.1. The highest BCUT2D eigenvalue weighted by Gasteiger charge is 2.30. The molecule has 1 fully saturated rings. The number of aryl methyl sites for hydroxylation is 6. The Morgan fingerprint density at radius 2 is 1.04 bits per heavy atom. The van der Waals surface area contributed by atoms with Gasteiger partial charge in [-0.05, 0) is 107 Å². The van der Waals surface area contributed by atoms with Crippen molar-refractivity contribution < 1.29 is 0 Å². The second-order valence-corrected chi connectivity index (χ2v) is 9.66. The van der Waals surface area contributed by atoms with Crippen molar-refractivity contribution in [2.75, 3.05) is 6.16 Å². The van der Waals surface area contributed by atoms with Gasteiger partial charge in [-0.25, -0.2) is 0 Å². The molecule has 0 spiro atoms. The predicted molar refractivity (Wildman–Crippen MR) is 105 cm³/mol. The molecule has 0 amide bonds. The summed E-state index contributed by atoms with van der Waals surface area (Å²) >= 11 is 0. The van der Waals surface area contributed by atoms with Crippen molar-refractivity contribution in [3.8, 4) is 0 Å². The summed E-state index contributed by atoms with van der Waals surface area (Å²) in [6.45, 7) is 13.7. The van der Waals surface area contributed by atoms with Crippen molar-refractivity contribution in [3.63, 3.8) is 0 Å². The van der Waals surface area contributed by atoms with E-state index in [0.717, 1.165) is 5.92 Å². The molecule has 3 rings (SSSR count). The van der Waals surface area contributed by atoms with Crippen LogP contribution in [0.3, 0.4) is 0 Å². The summed E-state index contributed by atoms with van der Waals surface area (Å²) in [7, 11) is -0.236. The number of benzene rings is 2. The predicted octanol–water partition coefficient (Wildman–Crippen LogP) is 5.38. The minimum atomic E-state index is -0.236. The van der Waals surface area contributed by atoms with Crippen LogP contribution in [-0.4, -0.2) is 6.16 Å². The molecule has 0 atom stereocenters. The molecule has 0 saturated heterocycles. The van der Waals surface area contributed by atoms with E-state index in [0.29, 0.717) is 0 Å². The zero-order chi connectivity index (χ0) is 16.7. The molecule has 2 aromatic carbocycles. The zero-order valence-corrected chi connectivity index (χ0v) is 16.3. The van der Waals surface area contributed by atoms with Gasteiger partial charge >= 0.3 is 0 Å². The average Bonchev–Trinajstić information content (AvgIpc) is 3.19. The van der Waals surface area contributed by atoms with Crippen LogP contribution in [0.5, 0.6) is 0 Å². The van der Waals surface area contributed by atoms with Crippen LogP contribution in [0.15, 0.2) is 24.3 Å². The van der Waals surface area contributed by atoms with Gasteiger partial charge in [-0.3, -0.25) is 0 Å². The lowest BCUT2D eigenvalue weighted by Crippen LogP contribution is -2.24. The highest BCUT2D eigenvalue weighted by molar-refractivity contribution is 7.73. The van der Waals surface area contributed by atoms with Crippen molar-refractivity contribution in [3.05, 3.63) is 57.6 Å². The van der Waals surface area contributed by atoms with Crippen molar-refractivity contribution in [2.24, 2.45) is 5.92 Å². The molecule has 0 bridgehead atoms. The van der Waals surface area contributed by atoms with Gasteiger partial charge < -0.3 is 0 Å².